The Kier molecular flexibility index (Phi) is 4.13. The third kappa shape index (κ3) is 2.58. The van der Waals surface area contributed by atoms with Gasteiger partial charge in [0.15, 0.2) is 0 Å². The van der Waals surface area contributed by atoms with Gasteiger partial charge in [-0.1, -0.05) is 37.5 Å². The number of benzene rings is 1. The minimum Gasteiger partial charge on any atom is -0.479 e. The van der Waals surface area contributed by atoms with Crippen LogP contribution in [-0.4, -0.2) is 39.5 Å². The molecule has 1 fully saturated rings. The second-order valence-electron chi connectivity index (χ2n) is 6.35. The third-order valence-electron chi connectivity index (χ3n) is 5.01. The van der Waals surface area contributed by atoms with E-state index in [1.54, 1.807) is 24.3 Å². The van der Waals surface area contributed by atoms with Gasteiger partial charge >= 0.3 is 5.97 Å². The molecule has 1 aromatic carbocycles. The lowest BCUT2D eigenvalue weighted by atomic mass is 9.80. The number of aromatic nitrogens is 1. The Morgan fingerprint density at radius 3 is 2.50 bits per heavy atom. The number of hydrogen-bond donors (Lipinski definition) is 2. The summed E-state index contributed by atoms with van der Waals surface area (Å²) >= 11 is 0. The first-order chi connectivity index (χ1) is 11.5. The highest BCUT2D eigenvalue weighted by atomic mass is 16.4. The summed E-state index contributed by atoms with van der Waals surface area (Å²) in [5, 5.41) is 10.4. The first-order valence-electron chi connectivity index (χ1n) is 8.09. The Balaban J connectivity index is 2.08. The van der Waals surface area contributed by atoms with Gasteiger partial charge in [-0.05, 0) is 18.9 Å². The molecule has 126 valence electrons. The Bertz CT molecular complexity index is 849. The minimum atomic E-state index is -1.20. The van der Waals surface area contributed by atoms with Crippen LogP contribution < -0.4 is 5.56 Å². The number of nitrogens with zero attached hydrogens (tertiary/aromatic N) is 1. The Labute approximate surface area is 139 Å². The molecule has 1 heterocycles. The van der Waals surface area contributed by atoms with Crippen LogP contribution in [-0.2, 0) is 4.79 Å². The molecule has 1 saturated carbocycles. The molecule has 6 heteroatoms. The van der Waals surface area contributed by atoms with Gasteiger partial charge in [-0.15, -0.1) is 0 Å². The molecule has 0 spiro atoms. The fourth-order valence-corrected chi connectivity index (χ4v) is 3.59. The quantitative estimate of drug-likeness (QED) is 0.905. The standard InChI is InChI=1S/C18H20N2O4/c1-20(18(17(23)24)9-5-2-6-10-18)16(22)13-11-15(21)19-14-8-4-3-7-12(13)14/h3-4,7-8,11H,2,5-6,9-10H2,1H3,(H,19,21)(H,23,24). The van der Waals surface area contributed by atoms with Crippen LogP contribution in [0.1, 0.15) is 42.5 Å². The van der Waals surface area contributed by atoms with Crippen molar-refractivity contribution >= 4 is 22.8 Å². The van der Waals surface area contributed by atoms with E-state index in [9.17, 15) is 19.5 Å². The Morgan fingerprint density at radius 1 is 1.17 bits per heavy atom. The smallest absolute Gasteiger partial charge is 0.329 e. The highest BCUT2D eigenvalue weighted by molar-refractivity contribution is 6.07. The molecule has 0 atom stereocenters. The molecule has 24 heavy (non-hydrogen) atoms. The van der Waals surface area contributed by atoms with Crippen LogP contribution >= 0.6 is 0 Å². The van der Waals surface area contributed by atoms with Gasteiger partial charge in [-0.25, -0.2) is 4.79 Å². The first kappa shape index (κ1) is 16.2. The molecule has 1 aliphatic carbocycles. The molecule has 6 nitrogen and oxygen atoms in total. The summed E-state index contributed by atoms with van der Waals surface area (Å²) in [6.07, 6.45) is 3.41. The van der Waals surface area contributed by atoms with Crippen LogP contribution in [0.4, 0.5) is 0 Å². The number of carbonyl (C=O) groups excluding carboxylic acids is 1. The Morgan fingerprint density at radius 2 is 1.83 bits per heavy atom. The molecule has 0 radical (unpaired) electrons. The van der Waals surface area contributed by atoms with Crippen LogP contribution in [0.25, 0.3) is 10.9 Å². The first-order valence-corrected chi connectivity index (χ1v) is 8.09. The monoisotopic (exact) mass is 328 g/mol. The number of hydrogen-bond acceptors (Lipinski definition) is 3. The minimum absolute atomic E-state index is 0.239. The molecule has 1 amide bonds. The normalized spacial score (nSPS) is 16.7. The van der Waals surface area contributed by atoms with Gasteiger partial charge in [0.2, 0.25) is 5.56 Å². The molecule has 2 N–H and O–H groups in total. The summed E-state index contributed by atoms with van der Waals surface area (Å²) in [6.45, 7) is 0. The number of aromatic amines is 1. The fourth-order valence-electron chi connectivity index (χ4n) is 3.59. The molecule has 2 aromatic rings. The highest BCUT2D eigenvalue weighted by Crippen LogP contribution is 2.34. The largest absolute Gasteiger partial charge is 0.479 e. The van der Waals surface area contributed by atoms with Gasteiger partial charge < -0.3 is 15.0 Å². The number of fused-ring (bicyclic) bond motifs is 1. The van der Waals surface area contributed by atoms with Gasteiger partial charge in [0.25, 0.3) is 5.91 Å². The number of aliphatic carboxylic acids is 1. The number of amides is 1. The van der Waals surface area contributed by atoms with Crippen molar-refractivity contribution in [3.8, 4) is 0 Å². The maximum absolute atomic E-state index is 13.0. The summed E-state index contributed by atoms with van der Waals surface area (Å²) < 4.78 is 0. The number of carbonyl (C=O) groups is 2. The van der Waals surface area contributed by atoms with E-state index < -0.39 is 17.4 Å². The van der Waals surface area contributed by atoms with Crippen LogP contribution in [0.3, 0.4) is 0 Å². The maximum atomic E-state index is 13.0. The zero-order valence-electron chi connectivity index (χ0n) is 13.5. The lowest BCUT2D eigenvalue weighted by Gasteiger charge is -2.41. The summed E-state index contributed by atoms with van der Waals surface area (Å²) in [5.74, 6) is -1.41. The lowest BCUT2D eigenvalue weighted by molar-refractivity contribution is -0.151. The summed E-state index contributed by atoms with van der Waals surface area (Å²) in [4.78, 5) is 40.8. The highest BCUT2D eigenvalue weighted by Gasteiger charge is 2.45. The molecular weight excluding hydrogens is 308 g/mol. The van der Waals surface area contributed by atoms with E-state index in [1.165, 1.54) is 18.0 Å². The van der Waals surface area contributed by atoms with E-state index in [-0.39, 0.29) is 11.1 Å². The van der Waals surface area contributed by atoms with Crippen molar-refractivity contribution in [3.63, 3.8) is 0 Å². The van der Waals surface area contributed by atoms with Gasteiger partial charge in [-0.2, -0.15) is 0 Å². The second kappa shape index (κ2) is 6.11. The number of para-hydroxylation sites is 1. The lowest BCUT2D eigenvalue weighted by Crippen LogP contribution is -2.56. The number of nitrogens with one attached hydrogen (secondary N) is 1. The Hall–Kier alpha value is -2.63. The SMILES string of the molecule is CN(C(=O)c1cc(=O)[nH]c2ccccc12)C1(C(=O)O)CCCCC1. The average Bonchev–Trinajstić information content (AvgIpc) is 2.60. The predicted molar refractivity (Wildman–Crippen MR) is 90.1 cm³/mol. The number of rotatable bonds is 3. The molecule has 0 aliphatic heterocycles. The van der Waals surface area contributed by atoms with E-state index in [4.69, 9.17) is 0 Å². The summed E-state index contributed by atoms with van der Waals surface area (Å²) in [7, 11) is 1.53. The number of carboxylic acids is 1. The van der Waals surface area contributed by atoms with E-state index >= 15 is 0 Å². The van der Waals surface area contributed by atoms with Gasteiger partial charge in [0.1, 0.15) is 5.54 Å². The molecule has 0 saturated heterocycles. The topological polar surface area (TPSA) is 90.5 Å². The third-order valence-corrected chi connectivity index (χ3v) is 5.01. The summed E-state index contributed by atoms with van der Waals surface area (Å²) in [6, 6.07) is 8.28. The van der Waals surface area contributed by atoms with Crippen LogP contribution in [0.5, 0.6) is 0 Å². The summed E-state index contributed by atoms with van der Waals surface area (Å²) in [5.41, 5.74) is -0.768. The van der Waals surface area contributed by atoms with Gasteiger partial charge in [-0.3, -0.25) is 9.59 Å². The molecule has 0 bridgehead atoms. The molecule has 1 aliphatic rings. The fraction of sp³-hybridized carbons (Fsp3) is 0.389. The zero-order valence-corrected chi connectivity index (χ0v) is 13.5. The zero-order chi connectivity index (χ0) is 17.3. The van der Waals surface area contributed by atoms with Crippen molar-refractivity contribution in [3.05, 3.63) is 46.2 Å². The van der Waals surface area contributed by atoms with E-state index in [2.05, 4.69) is 4.98 Å². The molecule has 0 unspecified atom stereocenters. The number of likely N-dealkylation sites (N-methyl/N-ethyl adjacent to an activating group) is 1. The van der Waals surface area contributed by atoms with Crippen molar-refractivity contribution < 1.29 is 14.7 Å². The van der Waals surface area contributed by atoms with Crippen LogP contribution in [0, 0.1) is 0 Å². The molecule has 3 rings (SSSR count). The van der Waals surface area contributed by atoms with Gasteiger partial charge in [0, 0.05) is 24.0 Å². The molecular formula is C18H20N2O4. The number of pyridine rings is 1. The predicted octanol–water partition coefficient (Wildman–Crippen LogP) is 2.39. The van der Waals surface area contributed by atoms with Crippen LogP contribution in [0.15, 0.2) is 35.1 Å². The second-order valence-corrected chi connectivity index (χ2v) is 6.35. The van der Waals surface area contributed by atoms with Crippen molar-refractivity contribution in [2.24, 2.45) is 0 Å². The van der Waals surface area contributed by atoms with Gasteiger partial charge in [0.05, 0.1) is 5.56 Å². The van der Waals surface area contributed by atoms with Crippen molar-refractivity contribution in [2.45, 2.75) is 37.6 Å². The number of carboxylic acid groups (broad SMARTS) is 1. The molecule has 1 aromatic heterocycles. The number of H-pyrrole nitrogens is 1. The van der Waals surface area contributed by atoms with E-state index in [1.807, 2.05) is 0 Å². The van der Waals surface area contributed by atoms with Crippen molar-refractivity contribution in [1.29, 1.82) is 0 Å². The maximum Gasteiger partial charge on any atom is 0.329 e. The van der Waals surface area contributed by atoms with E-state index in [0.717, 1.165) is 19.3 Å². The van der Waals surface area contributed by atoms with Crippen LogP contribution in [0.2, 0.25) is 0 Å². The van der Waals surface area contributed by atoms with E-state index in [0.29, 0.717) is 23.7 Å². The van der Waals surface area contributed by atoms with Crippen molar-refractivity contribution in [2.75, 3.05) is 7.05 Å². The van der Waals surface area contributed by atoms with Crippen molar-refractivity contribution in [1.82, 2.24) is 9.88 Å². The average molecular weight is 328 g/mol.